The van der Waals surface area contributed by atoms with Gasteiger partial charge in [0.05, 0.1) is 11.1 Å². The van der Waals surface area contributed by atoms with Crippen LogP contribution in [0.5, 0.6) is 0 Å². The zero-order chi connectivity index (χ0) is 19.8. The maximum Gasteiger partial charge on any atom is 0.341 e. The molecule has 144 valence electrons. The Hall–Kier alpha value is -2.78. The lowest BCUT2D eigenvalue weighted by atomic mass is 10.0. The SMILES string of the molecule is Cc1ccc(COO)c(COOCOC(=O)c2cc(C)ccc2C(=O)O)c1. The van der Waals surface area contributed by atoms with Crippen molar-refractivity contribution in [3.05, 3.63) is 69.8 Å². The molecule has 27 heavy (non-hydrogen) atoms. The van der Waals surface area contributed by atoms with Gasteiger partial charge in [-0.3, -0.25) is 5.26 Å². The zero-order valence-electron chi connectivity index (χ0n) is 14.9. The van der Waals surface area contributed by atoms with Gasteiger partial charge in [0.2, 0.25) is 6.79 Å². The van der Waals surface area contributed by atoms with Gasteiger partial charge in [-0.2, -0.15) is 4.89 Å². The Morgan fingerprint density at radius 1 is 0.889 bits per heavy atom. The van der Waals surface area contributed by atoms with E-state index >= 15 is 0 Å². The molecule has 2 rings (SSSR count). The first-order valence-electron chi connectivity index (χ1n) is 8.02. The highest BCUT2D eigenvalue weighted by molar-refractivity contribution is 6.02. The smallest absolute Gasteiger partial charge is 0.341 e. The average Bonchev–Trinajstić information content (AvgIpc) is 2.63. The van der Waals surface area contributed by atoms with Gasteiger partial charge in [-0.25, -0.2) is 19.4 Å². The van der Waals surface area contributed by atoms with Gasteiger partial charge >= 0.3 is 11.9 Å². The van der Waals surface area contributed by atoms with E-state index in [-0.39, 0.29) is 24.3 Å². The van der Waals surface area contributed by atoms with E-state index < -0.39 is 18.7 Å². The molecule has 0 radical (unpaired) electrons. The predicted molar refractivity (Wildman–Crippen MR) is 92.9 cm³/mol. The first-order chi connectivity index (χ1) is 12.9. The van der Waals surface area contributed by atoms with E-state index in [1.54, 1.807) is 19.1 Å². The molecule has 0 amide bonds. The first kappa shape index (κ1) is 20.5. The number of hydrogen-bond acceptors (Lipinski definition) is 7. The fourth-order valence-corrected chi connectivity index (χ4v) is 2.41. The van der Waals surface area contributed by atoms with Crippen molar-refractivity contribution in [2.45, 2.75) is 27.1 Å². The van der Waals surface area contributed by atoms with Crippen LogP contribution in [0.1, 0.15) is 43.0 Å². The molecular formula is C19H20O8. The van der Waals surface area contributed by atoms with Gasteiger partial charge in [-0.05, 0) is 37.1 Å². The highest BCUT2D eigenvalue weighted by Gasteiger charge is 2.18. The van der Waals surface area contributed by atoms with E-state index in [0.29, 0.717) is 0 Å². The van der Waals surface area contributed by atoms with Gasteiger partial charge in [0.25, 0.3) is 0 Å². The number of rotatable bonds is 9. The Morgan fingerprint density at radius 3 is 2.30 bits per heavy atom. The number of carboxylic acids is 1. The summed E-state index contributed by atoms with van der Waals surface area (Å²) in [4.78, 5) is 37.3. The van der Waals surface area contributed by atoms with Crippen LogP contribution >= 0.6 is 0 Å². The molecule has 8 heteroatoms. The monoisotopic (exact) mass is 376 g/mol. The number of aromatic carboxylic acids is 1. The molecule has 0 aliphatic rings. The standard InChI is InChI=1S/C19H20O8/c1-12-3-5-14(9-25-23)15(7-12)10-26-27-11-24-19(22)17-8-13(2)4-6-16(17)18(20)21/h3-8,23H,9-11H2,1-2H3,(H,20,21). The molecule has 0 fully saturated rings. The molecule has 0 saturated heterocycles. The second kappa shape index (κ2) is 9.79. The van der Waals surface area contributed by atoms with E-state index in [4.69, 9.17) is 24.9 Å². The van der Waals surface area contributed by atoms with Crippen molar-refractivity contribution in [2.24, 2.45) is 0 Å². The number of aryl methyl sites for hydroxylation is 2. The summed E-state index contributed by atoms with van der Waals surface area (Å²) in [5.41, 5.74) is 2.95. The molecule has 0 spiro atoms. The van der Waals surface area contributed by atoms with Crippen LogP contribution in [0.3, 0.4) is 0 Å². The topological polar surface area (TPSA) is 112 Å². The Labute approximate surface area is 155 Å². The number of ether oxygens (including phenoxy) is 1. The summed E-state index contributed by atoms with van der Waals surface area (Å²) >= 11 is 0. The minimum absolute atomic E-state index is 0.000712. The molecular weight excluding hydrogens is 356 g/mol. The van der Waals surface area contributed by atoms with Gasteiger partial charge in [-0.15, -0.1) is 0 Å². The minimum atomic E-state index is -1.22. The summed E-state index contributed by atoms with van der Waals surface area (Å²) in [6.45, 7) is 3.17. The summed E-state index contributed by atoms with van der Waals surface area (Å²) < 4.78 is 4.90. The maximum atomic E-state index is 12.1. The number of carbonyl (C=O) groups excluding carboxylic acids is 1. The molecule has 2 N–H and O–H groups in total. The van der Waals surface area contributed by atoms with Gasteiger partial charge < -0.3 is 9.84 Å². The highest BCUT2D eigenvalue weighted by atomic mass is 17.2. The van der Waals surface area contributed by atoms with Gasteiger partial charge in [0.1, 0.15) is 13.2 Å². The molecule has 8 nitrogen and oxygen atoms in total. The van der Waals surface area contributed by atoms with Crippen LogP contribution in [0.2, 0.25) is 0 Å². The Bertz CT molecular complexity index is 815. The van der Waals surface area contributed by atoms with E-state index in [1.807, 2.05) is 19.1 Å². The molecule has 2 aromatic carbocycles. The third kappa shape index (κ3) is 5.87. The molecule has 0 aliphatic carbocycles. The Balaban J connectivity index is 1.88. The van der Waals surface area contributed by atoms with Crippen molar-refractivity contribution >= 4 is 11.9 Å². The fraction of sp³-hybridized carbons (Fsp3) is 0.263. The summed E-state index contributed by atoms with van der Waals surface area (Å²) in [6.07, 6.45) is 0. The minimum Gasteiger partial charge on any atom is -0.478 e. The van der Waals surface area contributed by atoms with Crippen molar-refractivity contribution < 1.29 is 39.4 Å². The number of esters is 1. The van der Waals surface area contributed by atoms with Gasteiger partial charge in [0.15, 0.2) is 0 Å². The van der Waals surface area contributed by atoms with Crippen LogP contribution in [-0.4, -0.2) is 29.1 Å². The summed E-state index contributed by atoms with van der Waals surface area (Å²) in [5.74, 6) is -2.05. The predicted octanol–water partition coefficient (Wildman–Crippen LogP) is 3.25. The van der Waals surface area contributed by atoms with Crippen LogP contribution in [0.15, 0.2) is 36.4 Å². The van der Waals surface area contributed by atoms with Crippen LogP contribution < -0.4 is 0 Å². The van der Waals surface area contributed by atoms with Crippen LogP contribution in [-0.2, 0) is 32.6 Å². The van der Waals surface area contributed by atoms with Gasteiger partial charge in [0, 0.05) is 0 Å². The van der Waals surface area contributed by atoms with Gasteiger partial charge in [-0.1, -0.05) is 35.4 Å². The fourth-order valence-electron chi connectivity index (χ4n) is 2.41. The lowest BCUT2D eigenvalue weighted by Crippen LogP contribution is -2.14. The number of benzene rings is 2. The van der Waals surface area contributed by atoms with Crippen molar-refractivity contribution in [3.8, 4) is 0 Å². The molecule has 2 aromatic rings. The van der Waals surface area contributed by atoms with Crippen molar-refractivity contribution in [2.75, 3.05) is 6.79 Å². The summed E-state index contributed by atoms with van der Waals surface area (Å²) in [7, 11) is 0. The number of carbonyl (C=O) groups is 2. The van der Waals surface area contributed by atoms with E-state index in [2.05, 4.69) is 4.89 Å². The normalized spacial score (nSPS) is 10.6. The molecule has 0 unspecified atom stereocenters. The number of carboxylic acid groups (broad SMARTS) is 1. The van der Waals surface area contributed by atoms with Crippen LogP contribution in [0, 0.1) is 13.8 Å². The van der Waals surface area contributed by atoms with E-state index in [9.17, 15) is 9.59 Å². The van der Waals surface area contributed by atoms with Crippen molar-refractivity contribution in [1.29, 1.82) is 0 Å². The summed E-state index contributed by atoms with van der Waals surface area (Å²) in [6, 6.07) is 9.86. The third-order valence-electron chi connectivity index (χ3n) is 3.74. The average molecular weight is 376 g/mol. The van der Waals surface area contributed by atoms with E-state index in [1.165, 1.54) is 12.1 Å². The largest absolute Gasteiger partial charge is 0.478 e. The Kier molecular flexibility index (Phi) is 7.44. The first-order valence-corrected chi connectivity index (χ1v) is 8.02. The second-order valence-corrected chi connectivity index (χ2v) is 5.83. The van der Waals surface area contributed by atoms with Crippen LogP contribution in [0.25, 0.3) is 0 Å². The number of hydrogen-bond donors (Lipinski definition) is 2. The van der Waals surface area contributed by atoms with Crippen molar-refractivity contribution in [3.63, 3.8) is 0 Å². The molecule has 0 saturated carbocycles. The van der Waals surface area contributed by atoms with Crippen LogP contribution in [0.4, 0.5) is 0 Å². The third-order valence-corrected chi connectivity index (χ3v) is 3.74. The maximum absolute atomic E-state index is 12.1. The molecule has 0 aliphatic heterocycles. The van der Waals surface area contributed by atoms with E-state index in [0.717, 1.165) is 22.3 Å². The second-order valence-electron chi connectivity index (χ2n) is 5.83. The molecule has 0 heterocycles. The Morgan fingerprint density at radius 2 is 1.59 bits per heavy atom. The molecule has 0 atom stereocenters. The summed E-state index contributed by atoms with van der Waals surface area (Å²) in [5, 5.41) is 17.7. The quantitative estimate of drug-likeness (QED) is 0.226. The lowest BCUT2D eigenvalue weighted by Gasteiger charge is -2.10. The zero-order valence-corrected chi connectivity index (χ0v) is 14.9. The van der Waals surface area contributed by atoms with Crippen molar-refractivity contribution in [1.82, 2.24) is 0 Å². The molecule has 0 bridgehead atoms. The molecule has 0 aromatic heterocycles. The lowest BCUT2D eigenvalue weighted by molar-refractivity contribution is -0.335. The highest BCUT2D eigenvalue weighted by Crippen LogP contribution is 2.15.